The number of hydrogen-bond donors (Lipinski definition) is 1. The molecule has 1 saturated heterocycles. The number of nitrogens with one attached hydrogen (secondary N) is 1. The summed E-state index contributed by atoms with van der Waals surface area (Å²) in [6.07, 6.45) is 1.53. The molecule has 0 bridgehead atoms. The third-order valence-corrected chi connectivity index (χ3v) is 2.64. The van der Waals surface area contributed by atoms with E-state index in [1.165, 1.54) is 0 Å². The van der Waals surface area contributed by atoms with Gasteiger partial charge in [0.15, 0.2) is 0 Å². The van der Waals surface area contributed by atoms with Crippen molar-refractivity contribution in [2.75, 3.05) is 13.1 Å². The zero-order valence-electron chi connectivity index (χ0n) is 9.75. The molecule has 1 amide bonds. The molecule has 1 aliphatic rings. The van der Waals surface area contributed by atoms with Crippen molar-refractivity contribution in [2.45, 2.75) is 45.7 Å². The van der Waals surface area contributed by atoms with Crippen LogP contribution >= 0.6 is 0 Å². The van der Waals surface area contributed by atoms with Crippen LogP contribution in [0.3, 0.4) is 0 Å². The van der Waals surface area contributed by atoms with Crippen LogP contribution in [0.25, 0.3) is 0 Å². The summed E-state index contributed by atoms with van der Waals surface area (Å²) in [4.78, 5) is 24.9. The van der Waals surface area contributed by atoms with Crippen molar-refractivity contribution in [1.82, 2.24) is 10.2 Å². The molecule has 0 saturated carbocycles. The summed E-state index contributed by atoms with van der Waals surface area (Å²) in [5, 5.41) is 2.86. The lowest BCUT2D eigenvalue weighted by molar-refractivity contribution is -0.129. The number of piperidine rings is 1. The van der Waals surface area contributed by atoms with Crippen LogP contribution in [-0.2, 0) is 9.59 Å². The topological polar surface area (TPSA) is 49.4 Å². The minimum absolute atomic E-state index is 0.0136. The first-order chi connectivity index (χ1) is 7.00. The molecule has 0 aromatic carbocycles. The minimum atomic E-state index is -0.198. The first-order valence-electron chi connectivity index (χ1n) is 5.57. The van der Waals surface area contributed by atoms with E-state index < -0.39 is 0 Å². The highest BCUT2D eigenvalue weighted by Crippen LogP contribution is 2.09. The van der Waals surface area contributed by atoms with Gasteiger partial charge in [-0.2, -0.15) is 0 Å². The third kappa shape index (κ3) is 3.63. The number of rotatable bonds is 3. The molecule has 1 unspecified atom stereocenters. The second-order valence-corrected chi connectivity index (χ2v) is 4.45. The highest BCUT2D eigenvalue weighted by molar-refractivity contribution is 5.84. The molecule has 1 aliphatic heterocycles. The predicted octanol–water partition coefficient (Wildman–Crippen LogP) is 0.564. The van der Waals surface area contributed by atoms with Crippen molar-refractivity contribution in [2.24, 2.45) is 0 Å². The number of likely N-dealkylation sites (tertiary alicyclic amines) is 1. The second-order valence-electron chi connectivity index (χ2n) is 4.45. The number of Topliss-reactive ketones (excluding diaryl/α,β-unsaturated/α-hetero) is 1. The van der Waals surface area contributed by atoms with E-state index in [1.807, 2.05) is 25.7 Å². The van der Waals surface area contributed by atoms with Crippen molar-refractivity contribution >= 4 is 11.7 Å². The van der Waals surface area contributed by atoms with Crippen LogP contribution in [0.5, 0.6) is 0 Å². The van der Waals surface area contributed by atoms with E-state index in [4.69, 9.17) is 0 Å². The molecule has 0 spiro atoms. The number of ketones is 1. The Morgan fingerprint density at radius 1 is 1.40 bits per heavy atom. The van der Waals surface area contributed by atoms with Crippen LogP contribution in [0.1, 0.15) is 33.6 Å². The highest BCUT2D eigenvalue weighted by atomic mass is 16.2. The fourth-order valence-corrected chi connectivity index (χ4v) is 1.77. The van der Waals surface area contributed by atoms with Crippen LogP contribution in [0, 0.1) is 0 Å². The van der Waals surface area contributed by atoms with Crippen LogP contribution in [0.15, 0.2) is 0 Å². The summed E-state index contributed by atoms with van der Waals surface area (Å²) in [6, 6.07) is -0.0444. The summed E-state index contributed by atoms with van der Waals surface area (Å²) in [5.41, 5.74) is 0. The van der Waals surface area contributed by atoms with Gasteiger partial charge in [-0.1, -0.05) is 0 Å². The Balaban J connectivity index is 2.47. The lowest BCUT2D eigenvalue weighted by atomic mass is 10.1. The predicted molar refractivity (Wildman–Crippen MR) is 58.6 cm³/mol. The zero-order valence-corrected chi connectivity index (χ0v) is 9.75. The van der Waals surface area contributed by atoms with Gasteiger partial charge < -0.3 is 5.32 Å². The maximum Gasteiger partial charge on any atom is 0.237 e. The van der Waals surface area contributed by atoms with Gasteiger partial charge >= 0.3 is 0 Å². The lowest BCUT2D eigenvalue weighted by Crippen LogP contribution is -2.50. The number of nitrogens with zero attached hydrogens (tertiary/aromatic N) is 1. The molecule has 1 N–H and O–H groups in total. The Hall–Kier alpha value is -0.900. The van der Waals surface area contributed by atoms with E-state index >= 15 is 0 Å². The van der Waals surface area contributed by atoms with E-state index in [2.05, 4.69) is 5.32 Å². The molecule has 1 atom stereocenters. The molecule has 1 rings (SSSR count). The van der Waals surface area contributed by atoms with Gasteiger partial charge in [-0.05, 0) is 33.7 Å². The van der Waals surface area contributed by atoms with E-state index in [0.717, 1.165) is 13.0 Å². The Labute approximate surface area is 91.0 Å². The van der Waals surface area contributed by atoms with Crippen LogP contribution in [0.2, 0.25) is 0 Å². The molecule has 4 nitrogen and oxygen atoms in total. The van der Waals surface area contributed by atoms with Gasteiger partial charge in [-0.15, -0.1) is 0 Å². The van der Waals surface area contributed by atoms with E-state index in [-0.39, 0.29) is 23.8 Å². The maximum atomic E-state index is 11.7. The van der Waals surface area contributed by atoms with E-state index in [0.29, 0.717) is 13.0 Å². The fraction of sp³-hybridized carbons (Fsp3) is 0.818. The van der Waals surface area contributed by atoms with Gasteiger partial charge in [0.05, 0.1) is 12.6 Å². The number of carbonyl (C=O) groups is 2. The molecule has 0 aromatic rings. The molecule has 1 fully saturated rings. The normalized spacial score (nSPS) is 20.4. The number of hydrogen-bond acceptors (Lipinski definition) is 3. The van der Waals surface area contributed by atoms with Gasteiger partial charge in [-0.25, -0.2) is 0 Å². The van der Waals surface area contributed by atoms with Gasteiger partial charge in [0, 0.05) is 12.5 Å². The summed E-state index contributed by atoms with van der Waals surface area (Å²) >= 11 is 0. The van der Waals surface area contributed by atoms with Gasteiger partial charge in [-0.3, -0.25) is 14.5 Å². The van der Waals surface area contributed by atoms with Crippen molar-refractivity contribution in [3.8, 4) is 0 Å². The molecular weight excluding hydrogens is 192 g/mol. The maximum absolute atomic E-state index is 11.7. The average Bonchev–Trinajstić information content (AvgIpc) is 2.15. The molecule has 15 heavy (non-hydrogen) atoms. The highest BCUT2D eigenvalue weighted by Gasteiger charge is 2.26. The SMILES string of the molecule is CC(C)NC(=O)C(C)N1CCCC(=O)C1. The summed E-state index contributed by atoms with van der Waals surface area (Å²) in [7, 11) is 0. The van der Waals surface area contributed by atoms with Gasteiger partial charge in [0.2, 0.25) is 5.91 Å². The fourth-order valence-electron chi connectivity index (χ4n) is 1.77. The molecule has 0 aromatic heterocycles. The monoisotopic (exact) mass is 212 g/mol. The Bertz CT molecular complexity index is 251. The van der Waals surface area contributed by atoms with Crippen molar-refractivity contribution in [1.29, 1.82) is 0 Å². The van der Waals surface area contributed by atoms with E-state index in [9.17, 15) is 9.59 Å². The molecule has 0 aliphatic carbocycles. The first kappa shape index (κ1) is 12.2. The Morgan fingerprint density at radius 3 is 2.60 bits per heavy atom. The molecule has 0 radical (unpaired) electrons. The van der Waals surface area contributed by atoms with Crippen molar-refractivity contribution < 1.29 is 9.59 Å². The van der Waals surface area contributed by atoms with Crippen molar-refractivity contribution in [3.63, 3.8) is 0 Å². The Kier molecular flexibility index (Phi) is 4.27. The quantitative estimate of drug-likeness (QED) is 0.744. The average molecular weight is 212 g/mol. The molecule has 1 heterocycles. The zero-order chi connectivity index (χ0) is 11.4. The lowest BCUT2D eigenvalue weighted by Gasteiger charge is -2.31. The Morgan fingerprint density at radius 2 is 2.07 bits per heavy atom. The van der Waals surface area contributed by atoms with Gasteiger partial charge in [0.1, 0.15) is 5.78 Å². The third-order valence-electron chi connectivity index (χ3n) is 2.64. The largest absolute Gasteiger partial charge is 0.353 e. The molecule has 86 valence electrons. The van der Waals surface area contributed by atoms with Crippen LogP contribution < -0.4 is 5.32 Å². The molecular formula is C11H20N2O2. The smallest absolute Gasteiger partial charge is 0.237 e. The van der Waals surface area contributed by atoms with Crippen molar-refractivity contribution in [3.05, 3.63) is 0 Å². The van der Waals surface area contributed by atoms with Gasteiger partial charge in [0.25, 0.3) is 0 Å². The summed E-state index contributed by atoms with van der Waals surface area (Å²) in [5.74, 6) is 0.255. The standard InChI is InChI=1S/C11H20N2O2/c1-8(2)12-11(15)9(3)13-6-4-5-10(14)7-13/h8-9H,4-7H2,1-3H3,(H,12,15). The summed E-state index contributed by atoms with van der Waals surface area (Å²) in [6.45, 7) is 7.00. The molecule has 4 heteroatoms. The summed E-state index contributed by atoms with van der Waals surface area (Å²) < 4.78 is 0. The van der Waals surface area contributed by atoms with E-state index in [1.54, 1.807) is 0 Å². The first-order valence-corrected chi connectivity index (χ1v) is 5.57. The van der Waals surface area contributed by atoms with Crippen LogP contribution in [-0.4, -0.2) is 41.8 Å². The number of carbonyl (C=O) groups excluding carboxylic acids is 2. The second kappa shape index (κ2) is 5.26. The van der Waals surface area contributed by atoms with Crippen LogP contribution in [0.4, 0.5) is 0 Å². The number of amides is 1. The minimum Gasteiger partial charge on any atom is -0.353 e.